The average Bonchev–Trinajstić information content (AvgIpc) is 3.25. The quantitative estimate of drug-likeness (QED) is 0.686. The van der Waals surface area contributed by atoms with Crippen LogP contribution in [0.15, 0.2) is 36.9 Å². The Labute approximate surface area is 148 Å². The van der Waals surface area contributed by atoms with Gasteiger partial charge >= 0.3 is 0 Å². The summed E-state index contributed by atoms with van der Waals surface area (Å²) in [6, 6.07) is 5.86. The van der Waals surface area contributed by atoms with Crippen molar-refractivity contribution in [3.8, 4) is 5.75 Å². The van der Waals surface area contributed by atoms with Crippen molar-refractivity contribution in [2.45, 2.75) is 32.0 Å². The Kier molecular flexibility index (Phi) is 6.12. The summed E-state index contributed by atoms with van der Waals surface area (Å²) in [7, 11) is 1.78. The van der Waals surface area contributed by atoms with Crippen LogP contribution in [0.25, 0.3) is 0 Å². The smallest absolute Gasteiger partial charge is 0.123 e. The second-order valence-corrected chi connectivity index (χ2v) is 6.57. The van der Waals surface area contributed by atoms with E-state index in [4.69, 9.17) is 21.1 Å². The fraction of sp³-hybridized carbons (Fsp3) is 0.500. The number of hydrogen-bond donors (Lipinski definition) is 0. The van der Waals surface area contributed by atoms with Crippen LogP contribution in [0.1, 0.15) is 18.4 Å². The summed E-state index contributed by atoms with van der Waals surface area (Å²) < 4.78 is 13.5. The SMILES string of the molecule is CO[C@@H]1CCN(Cc2cc(Cl)ccc2OCCCn2ccnc2)C1. The van der Waals surface area contributed by atoms with Crippen LogP contribution in [0.5, 0.6) is 5.75 Å². The van der Waals surface area contributed by atoms with Crippen molar-refractivity contribution in [1.29, 1.82) is 0 Å². The molecule has 2 aromatic rings. The van der Waals surface area contributed by atoms with E-state index in [0.717, 1.165) is 55.4 Å². The number of methoxy groups -OCH3 is 1. The third-order valence-corrected chi connectivity index (χ3v) is 4.59. The van der Waals surface area contributed by atoms with E-state index in [9.17, 15) is 0 Å². The zero-order valence-corrected chi connectivity index (χ0v) is 14.8. The highest BCUT2D eigenvalue weighted by molar-refractivity contribution is 6.30. The fourth-order valence-electron chi connectivity index (χ4n) is 3.03. The van der Waals surface area contributed by atoms with Gasteiger partial charge in [-0.1, -0.05) is 11.6 Å². The minimum absolute atomic E-state index is 0.337. The van der Waals surface area contributed by atoms with Gasteiger partial charge in [0.15, 0.2) is 0 Å². The summed E-state index contributed by atoms with van der Waals surface area (Å²) in [5.41, 5.74) is 1.14. The number of benzene rings is 1. The van der Waals surface area contributed by atoms with Crippen LogP contribution in [-0.4, -0.2) is 47.4 Å². The number of halogens is 1. The predicted molar refractivity (Wildman–Crippen MR) is 94.5 cm³/mol. The van der Waals surface area contributed by atoms with Gasteiger partial charge in [0.1, 0.15) is 5.75 Å². The summed E-state index contributed by atoms with van der Waals surface area (Å²) in [4.78, 5) is 6.43. The molecule has 130 valence electrons. The molecule has 0 bridgehead atoms. The van der Waals surface area contributed by atoms with Gasteiger partial charge in [-0.05, 0) is 31.0 Å². The maximum absolute atomic E-state index is 6.18. The molecule has 24 heavy (non-hydrogen) atoms. The fourth-order valence-corrected chi connectivity index (χ4v) is 3.23. The lowest BCUT2D eigenvalue weighted by molar-refractivity contribution is 0.107. The highest BCUT2D eigenvalue weighted by Gasteiger charge is 2.22. The van der Waals surface area contributed by atoms with Crippen LogP contribution in [0.4, 0.5) is 0 Å². The maximum Gasteiger partial charge on any atom is 0.123 e. The minimum atomic E-state index is 0.337. The molecule has 2 heterocycles. The number of imidazole rings is 1. The third kappa shape index (κ3) is 4.72. The average molecular weight is 350 g/mol. The Morgan fingerprint density at radius 3 is 3.04 bits per heavy atom. The first-order valence-corrected chi connectivity index (χ1v) is 8.74. The molecular weight excluding hydrogens is 326 g/mol. The predicted octanol–water partition coefficient (Wildman–Crippen LogP) is 3.23. The Morgan fingerprint density at radius 1 is 1.38 bits per heavy atom. The molecule has 1 aromatic carbocycles. The van der Waals surface area contributed by atoms with Gasteiger partial charge in [-0.3, -0.25) is 4.90 Å². The normalized spacial score (nSPS) is 18.2. The van der Waals surface area contributed by atoms with E-state index in [1.54, 1.807) is 13.3 Å². The van der Waals surface area contributed by atoms with E-state index in [2.05, 4.69) is 14.5 Å². The lowest BCUT2D eigenvalue weighted by Gasteiger charge is -2.19. The van der Waals surface area contributed by atoms with Gasteiger partial charge in [0.2, 0.25) is 0 Å². The topological polar surface area (TPSA) is 39.5 Å². The van der Waals surface area contributed by atoms with Crippen LogP contribution in [0, 0.1) is 0 Å². The van der Waals surface area contributed by atoms with Gasteiger partial charge in [0.25, 0.3) is 0 Å². The molecule has 1 aromatic heterocycles. The Hall–Kier alpha value is -1.56. The first-order chi connectivity index (χ1) is 11.7. The Bertz CT molecular complexity index is 633. The summed E-state index contributed by atoms with van der Waals surface area (Å²) in [6.07, 6.45) is 7.94. The van der Waals surface area contributed by atoms with Gasteiger partial charge in [-0.25, -0.2) is 4.98 Å². The molecule has 3 rings (SSSR count). The minimum Gasteiger partial charge on any atom is -0.493 e. The van der Waals surface area contributed by atoms with E-state index in [1.807, 2.05) is 30.7 Å². The lowest BCUT2D eigenvalue weighted by Crippen LogP contribution is -2.22. The highest BCUT2D eigenvalue weighted by atomic mass is 35.5. The van der Waals surface area contributed by atoms with E-state index >= 15 is 0 Å². The first-order valence-electron chi connectivity index (χ1n) is 8.36. The largest absolute Gasteiger partial charge is 0.493 e. The summed E-state index contributed by atoms with van der Waals surface area (Å²) in [5, 5.41) is 0.748. The summed E-state index contributed by atoms with van der Waals surface area (Å²) >= 11 is 6.18. The van der Waals surface area contributed by atoms with Crippen molar-refractivity contribution in [2.24, 2.45) is 0 Å². The molecule has 1 fully saturated rings. The molecule has 0 N–H and O–H groups in total. The van der Waals surface area contributed by atoms with Gasteiger partial charge in [-0.2, -0.15) is 0 Å². The third-order valence-electron chi connectivity index (χ3n) is 4.36. The van der Waals surface area contributed by atoms with Crippen LogP contribution >= 0.6 is 11.6 Å². The summed E-state index contributed by atoms with van der Waals surface area (Å²) in [5.74, 6) is 0.922. The Morgan fingerprint density at radius 2 is 2.29 bits per heavy atom. The second-order valence-electron chi connectivity index (χ2n) is 6.14. The zero-order valence-electron chi connectivity index (χ0n) is 14.0. The molecule has 0 radical (unpaired) electrons. The molecule has 1 saturated heterocycles. The number of hydrogen-bond acceptors (Lipinski definition) is 4. The number of rotatable bonds is 8. The molecule has 0 amide bonds. The number of ether oxygens (including phenoxy) is 2. The van der Waals surface area contributed by atoms with E-state index in [1.165, 1.54) is 0 Å². The molecule has 6 heteroatoms. The second kappa shape index (κ2) is 8.51. The summed E-state index contributed by atoms with van der Waals surface area (Å²) in [6.45, 7) is 4.43. The van der Waals surface area contributed by atoms with Crippen LogP contribution in [0.3, 0.4) is 0 Å². The molecular formula is C18H24ClN3O2. The van der Waals surface area contributed by atoms with Crippen molar-refractivity contribution in [3.63, 3.8) is 0 Å². The van der Waals surface area contributed by atoms with Gasteiger partial charge in [0, 0.05) is 56.3 Å². The standard InChI is InChI=1S/C18H24ClN3O2/c1-23-17-5-8-22(13-17)12-15-11-16(19)3-4-18(15)24-10-2-7-21-9-6-20-14-21/h3-4,6,9,11,14,17H,2,5,7-8,10,12-13H2,1H3/t17-/m1/s1. The van der Waals surface area contributed by atoms with Crippen molar-refractivity contribution < 1.29 is 9.47 Å². The van der Waals surface area contributed by atoms with Crippen LogP contribution < -0.4 is 4.74 Å². The van der Waals surface area contributed by atoms with Crippen LogP contribution in [0.2, 0.25) is 5.02 Å². The van der Waals surface area contributed by atoms with Crippen molar-refractivity contribution in [3.05, 3.63) is 47.5 Å². The lowest BCUT2D eigenvalue weighted by atomic mass is 10.2. The first kappa shape index (κ1) is 17.3. The number of aromatic nitrogens is 2. The van der Waals surface area contributed by atoms with Crippen molar-refractivity contribution >= 4 is 11.6 Å². The molecule has 0 spiro atoms. The number of likely N-dealkylation sites (tertiary alicyclic amines) is 1. The molecule has 0 saturated carbocycles. The molecule has 1 atom stereocenters. The molecule has 0 aliphatic carbocycles. The van der Waals surface area contributed by atoms with Gasteiger partial charge in [0.05, 0.1) is 19.0 Å². The van der Waals surface area contributed by atoms with Crippen molar-refractivity contribution in [1.82, 2.24) is 14.5 Å². The Balaban J connectivity index is 1.54. The monoisotopic (exact) mass is 349 g/mol. The molecule has 5 nitrogen and oxygen atoms in total. The van der Waals surface area contributed by atoms with E-state index in [-0.39, 0.29) is 0 Å². The molecule has 0 unspecified atom stereocenters. The van der Waals surface area contributed by atoms with Crippen LogP contribution in [-0.2, 0) is 17.8 Å². The van der Waals surface area contributed by atoms with Gasteiger partial charge < -0.3 is 14.0 Å². The molecule has 1 aliphatic heterocycles. The van der Waals surface area contributed by atoms with Crippen molar-refractivity contribution in [2.75, 3.05) is 26.8 Å². The zero-order chi connectivity index (χ0) is 16.8. The highest BCUT2D eigenvalue weighted by Crippen LogP contribution is 2.26. The van der Waals surface area contributed by atoms with Gasteiger partial charge in [-0.15, -0.1) is 0 Å². The van der Waals surface area contributed by atoms with E-state index < -0.39 is 0 Å². The maximum atomic E-state index is 6.18. The number of aryl methyl sites for hydroxylation is 1. The molecule has 1 aliphatic rings. The van der Waals surface area contributed by atoms with E-state index in [0.29, 0.717) is 12.7 Å². The number of nitrogens with zero attached hydrogens (tertiary/aromatic N) is 3.